The maximum Gasteiger partial charge on any atom is 0.303 e. The van der Waals surface area contributed by atoms with E-state index in [9.17, 15) is 9.59 Å². The fraction of sp³-hybridized carbons (Fsp3) is 0.526. The van der Waals surface area contributed by atoms with Gasteiger partial charge in [0.1, 0.15) is 4.32 Å². The number of carbonyl (C=O) groups excluding carboxylic acids is 1. The molecule has 0 spiro atoms. The van der Waals surface area contributed by atoms with Crippen LogP contribution in [0.5, 0.6) is 0 Å². The highest BCUT2D eigenvalue weighted by molar-refractivity contribution is 8.26. The SMILES string of the molecule is O=C(O)CCCCCCCCCCN1C(=O)C(=Cc2cccs2)SC1=S. The molecule has 142 valence electrons. The molecule has 0 unspecified atom stereocenters. The van der Waals surface area contributed by atoms with E-state index in [1.54, 1.807) is 16.2 Å². The van der Waals surface area contributed by atoms with Crippen LogP contribution in [-0.2, 0) is 9.59 Å². The van der Waals surface area contributed by atoms with Crippen molar-refractivity contribution >= 4 is 57.6 Å². The van der Waals surface area contributed by atoms with Crippen molar-refractivity contribution in [1.29, 1.82) is 0 Å². The van der Waals surface area contributed by atoms with E-state index >= 15 is 0 Å². The Labute approximate surface area is 168 Å². The lowest BCUT2D eigenvalue weighted by molar-refractivity contribution is -0.137. The molecule has 1 aromatic rings. The van der Waals surface area contributed by atoms with Crippen LogP contribution in [0, 0.1) is 0 Å². The molecule has 1 aromatic heterocycles. The van der Waals surface area contributed by atoms with Crippen LogP contribution in [0.1, 0.15) is 62.7 Å². The fourth-order valence-corrected chi connectivity index (χ4v) is 4.83. The van der Waals surface area contributed by atoms with Crippen LogP contribution >= 0.6 is 35.3 Å². The number of aliphatic carboxylic acids is 1. The summed E-state index contributed by atoms with van der Waals surface area (Å²) in [5.74, 6) is -0.669. The van der Waals surface area contributed by atoms with E-state index in [0.717, 1.165) is 54.7 Å². The minimum Gasteiger partial charge on any atom is -0.481 e. The predicted octanol–water partition coefficient (Wildman–Crippen LogP) is 5.54. The molecule has 1 aliphatic heterocycles. The van der Waals surface area contributed by atoms with Gasteiger partial charge in [0.2, 0.25) is 0 Å². The first-order valence-corrected chi connectivity index (χ1v) is 11.2. The molecule has 1 amide bonds. The molecule has 0 aliphatic carbocycles. The van der Waals surface area contributed by atoms with E-state index in [1.165, 1.54) is 18.2 Å². The number of thiophene rings is 1. The van der Waals surface area contributed by atoms with Gasteiger partial charge in [-0.25, -0.2) is 0 Å². The van der Waals surface area contributed by atoms with Gasteiger partial charge in [0, 0.05) is 17.8 Å². The Morgan fingerprint density at radius 2 is 1.77 bits per heavy atom. The first-order chi connectivity index (χ1) is 12.6. The summed E-state index contributed by atoms with van der Waals surface area (Å²) in [5.41, 5.74) is 0. The number of thiocarbonyl (C=S) groups is 1. The Hall–Kier alpha value is -1.18. The highest BCUT2D eigenvalue weighted by Gasteiger charge is 2.31. The largest absolute Gasteiger partial charge is 0.481 e. The van der Waals surface area contributed by atoms with Crippen LogP contribution in [-0.4, -0.2) is 32.7 Å². The molecule has 1 fully saturated rings. The number of carboxylic acids is 1. The van der Waals surface area contributed by atoms with Crippen LogP contribution in [0.3, 0.4) is 0 Å². The Morgan fingerprint density at radius 3 is 2.38 bits per heavy atom. The van der Waals surface area contributed by atoms with Crippen LogP contribution in [0.2, 0.25) is 0 Å². The number of unbranched alkanes of at least 4 members (excludes halogenated alkanes) is 7. The van der Waals surface area contributed by atoms with Gasteiger partial charge in [0.25, 0.3) is 5.91 Å². The third kappa shape index (κ3) is 7.21. The van der Waals surface area contributed by atoms with E-state index in [2.05, 4.69) is 0 Å². The standard InChI is InChI=1S/C19H25NO3S3/c21-17(22)11-7-5-3-1-2-4-6-8-12-20-18(23)16(26-19(20)24)14-15-10-9-13-25-15/h9-10,13-14H,1-8,11-12H2,(H,21,22). The molecule has 0 aromatic carbocycles. The molecule has 2 rings (SSSR count). The smallest absolute Gasteiger partial charge is 0.303 e. The van der Waals surface area contributed by atoms with E-state index in [1.807, 2.05) is 23.6 Å². The van der Waals surface area contributed by atoms with Crippen molar-refractivity contribution in [2.75, 3.05) is 6.54 Å². The minimum atomic E-state index is -0.703. The number of carboxylic acid groups (broad SMARTS) is 1. The number of nitrogens with zero attached hydrogens (tertiary/aromatic N) is 1. The highest BCUT2D eigenvalue weighted by atomic mass is 32.2. The van der Waals surface area contributed by atoms with Gasteiger partial charge in [-0.1, -0.05) is 68.6 Å². The molecule has 0 radical (unpaired) electrons. The van der Waals surface area contributed by atoms with Gasteiger partial charge in [-0.15, -0.1) is 11.3 Å². The summed E-state index contributed by atoms with van der Waals surface area (Å²) in [4.78, 5) is 26.4. The van der Waals surface area contributed by atoms with Crippen molar-refractivity contribution in [2.24, 2.45) is 0 Å². The Morgan fingerprint density at radius 1 is 1.12 bits per heavy atom. The predicted molar refractivity (Wildman–Crippen MR) is 113 cm³/mol. The summed E-state index contributed by atoms with van der Waals surface area (Å²) in [5, 5.41) is 10.6. The van der Waals surface area contributed by atoms with Gasteiger partial charge < -0.3 is 5.11 Å². The van der Waals surface area contributed by atoms with Crippen LogP contribution in [0.4, 0.5) is 0 Å². The molecule has 1 N–H and O–H groups in total. The maximum atomic E-state index is 12.5. The molecular formula is C19H25NO3S3. The van der Waals surface area contributed by atoms with Crippen molar-refractivity contribution in [3.63, 3.8) is 0 Å². The second-order valence-corrected chi connectivity index (χ2v) is 8.98. The molecule has 26 heavy (non-hydrogen) atoms. The zero-order valence-corrected chi connectivity index (χ0v) is 17.3. The van der Waals surface area contributed by atoms with E-state index in [-0.39, 0.29) is 12.3 Å². The first-order valence-electron chi connectivity index (χ1n) is 9.08. The van der Waals surface area contributed by atoms with Gasteiger partial charge in [0.05, 0.1) is 4.91 Å². The molecule has 0 atom stereocenters. The number of thioether (sulfide) groups is 1. The van der Waals surface area contributed by atoms with Crippen molar-refractivity contribution in [3.05, 3.63) is 27.3 Å². The lowest BCUT2D eigenvalue weighted by Gasteiger charge is -2.14. The second kappa shape index (κ2) is 11.5. The van der Waals surface area contributed by atoms with Crippen molar-refractivity contribution in [3.8, 4) is 0 Å². The molecule has 0 saturated carbocycles. The lowest BCUT2D eigenvalue weighted by atomic mass is 10.1. The van der Waals surface area contributed by atoms with Crippen LogP contribution in [0.25, 0.3) is 6.08 Å². The van der Waals surface area contributed by atoms with Gasteiger partial charge in [-0.2, -0.15) is 0 Å². The molecule has 2 heterocycles. The Balaban J connectivity index is 1.57. The van der Waals surface area contributed by atoms with Crippen molar-refractivity contribution in [1.82, 2.24) is 4.90 Å². The maximum absolute atomic E-state index is 12.5. The number of hydrogen-bond acceptors (Lipinski definition) is 5. The summed E-state index contributed by atoms with van der Waals surface area (Å²) < 4.78 is 0.663. The van der Waals surface area contributed by atoms with Gasteiger partial charge >= 0.3 is 5.97 Å². The average Bonchev–Trinajstić information content (AvgIpc) is 3.19. The molecular weight excluding hydrogens is 386 g/mol. The summed E-state index contributed by atoms with van der Waals surface area (Å²) in [6.07, 6.45) is 10.6. The van der Waals surface area contributed by atoms with Crippen LogP contribution < -0.4 is 0 Å². The summed E-state index contributed by atoms with van der Waals surface area (Å²) in [6, 6.07) is 3.97. The molecule has 7 heteroatoms. The summed E-state index contributed by atoms with van der Waals surface area (Å²) in [6.45, 7) is 0.699. The molecule has 4 nitrogen and oxygen atoms in total. The zero-order chi connectivity index (χ0) is 18.8. The molecule has 1 saturated heterocycles. The zero-order valence-electron chi connectivity index (χ0n) is 14.8. The Bertz CT molecular complexity index is 640. The van der Waals surface area contributed by atoms with Crippen LogP contribution in [0.15, 0.2) is 22.4 Å². The minimum absolute atomic E-state index is 0.0341. The average molecular weight is 412 g/mol. The fourth-order valence-electron chi connectivity index (χ4n) is 2.80. The third-order valence-electron chi connectivity index (χ3n) is 4.21. The van der Waals surface area contributed by atoms with Crippen molar-refractivity contribution in [2.45, 2.75) is 57.8 Å². The molecule has 0 bridgehead atoms. The first kappa shape index (κ1) is 21.1. The Kier molecular flexibility index (Phi) is 9.36. The van der Waals surface area contributed by atoms with E-state index < -0.39 is 5.97 Å². The summed E-state index contributed by atoms with van der Waals surface area (Å²) >= 11 is 8.37. The molecule has 1 aliphatic rings. The van der Waals surface area contributed by atoms with E-state index in [4.69, 9.17) is 17.3 Å². The van der Waals surface area contributed by atoms with Gasteiger partial charge in [-0.05, 0) is 30.4 Å². The van der Waals surface area contributed by atoms with Gasteiger partial charge in [-0.3, -0.25) is 14.5 Å². The quantitative estimate of drug-likeness (QED) is 0.278. The second-order valence-electron chi connectivity index (χ2n) is 6.32. The monoisotopic (exact) mass is 411 g/mol. The van der Waals surface area contributed by atoms with Crippen molar-refractivity contribution < 1.29 is 14.7 Å². The number of amides is 1. The number of carbonyl (C=O) groups is 2. The summed E-state index contributed by atoms with van der Waals surface area (Å²) in [7, 11) is 0. The number of rotatable bonds is 12. The van der Waals surface area contributed by atoms with Gasteiger partial charge in [0.15, 0.2) is 0 Å². The highest BCUT2D eigenvalue weighted by Crippen LogP contribution is 2.33. The van der Waals surface area contributed by atoms with E-state index in [0.29, 0.717) is 10.9 Å². The third-order valence-corrected chi connectivity index (χ3v) is 6.41. The topological polar surface area (TPSA) is 57.6 Å². The normalized spacial score (nSPS) is 16.0. The number of hydrogen-bond donors (Lipinski definition) is 1. The lowest BCUT2D eigenvalue weighted by Crippen LogP contribution is -2.28.